The van der Waals surface area contributed by atoms with E-state index in [0.717, 1.165) is 53.9 Å². The van der Waals surface area contributed by atoms with Gasteiger partial charge in [-0.05, 0) is 59.9 Å². The molecule has 0 unspecified atom stereocenters. The lowest BCUT2D eigenvalue weighted by Crippen LogP contribution is -2.46. The quantitative estimate of drug-likeness (QED) is 0.410. The maximum absolute atomic E-state index is 13.4. The number of aromatic nitrogens is 4. The Morgan fingerprint density at radius 2 is 1.87 bits per heavy atom. The summed E-state index contributed by atoms with van der Waals surface area (Å²) in [4.78, 5) is 2.47. The summed E-state index contributed by atoms with van der Waals surface area (Å²) < 4.78 is 17.7. The Hall–Kier alpha value is -3.41. The summed E-state index contributed by atoms with van der Waals surface area (Å²) in [5.41, 5.74) is 6.72. The van der Waals surface area contributed by atoms with Gasteiger partial charge in [-0.3, -0.25) is 4.57 Å². The van der Waals surface area contributed by atoms with E-state index < -0.39 is 0 Å². The number of hydrogen-bond acceptors (Lipinski definition) is 3. The first-order valence-corrected chi connectivity index (χ1v) is 10.9. The van der Waals surface area contributed by atoms with Crippen molar-refractivity contribution in [1.29, 1.82) is 0 Å². The van der Waals surface area contributed by atoms with Crippen molar-refractivity contribution in [2.45, 2.75) is 26.3 Å². The van der Waals surface area contributed by atoms with Crippen LogP contribution in [0.5, 0.6) is 0 Å². The van der Waals surface area contributed by atoms with Crippen molar-refractivity contribution in [3.63, 3.8) is 0 Å². The third-order valence-electron chi connectivity index (χ3n) is 6.53. The summed E-state index contributed by atoms with van der Waals surface area (Å²) in [6.45, 7) is 5.31. The molecule has 4 aromatic rings. The van der Waals surface area contributed by atoms with Gasteiger partial charge in [-0.15, -0.1) is 10.2 Å². The second-order valence-electron chi connectivity index (χ2n) is 8.65. The van der Waals surface area contributed by atoms with Gasteiger partial charge in [0.25, 0.3) is 0 Å². The molecule has 0 N–H and O–H groups in total. The maximum Gasteiger partial charge on any atom is 0.185 e. The first-order chi connectivity index (χ1) is 15.2. The molecule has 2 aliphatic heterocycles. The second-order valence-corrected chi connectivity index (χ2v) is 8.65. The number of rotatable bonds is 4. The molecule has 0 radical (unpaired) electrons. The van der Waals surface area contributed by atoms with E-state index in [9.17, 15) is 4.39 Å². The lowest BCUT2D eigenvalue weighted by atomic mass is 9.94. The summed E-state index contributed by atoms with van der Waals surface area (Å²) >= 11 is 0. The molecule has 2 aromatic heterocycles. The number of fused-ring (bicyclic) bond motifs is 5. The monoisotopic (exact) mass is 413 g/mol. The third kappa shape index (κ3) is 3.05. The van der Waals surface area contributed by atoms with Crippen LogP contribution in [-0.4, -0.2) is 32.4 Å². The van der Waals surface area contributed by atoms with Gasteiger partial charge in [0.2, 0.25) is 0 Å². The van der Waals surface area contributed by atoms with Crippen LogP contribution in [0.25, 0.3) is 28.3 Å². The van der Waals surface area contributed by atoms with E-state index in [1.165, 1.54) is 36.2 Å². The molecule has 156 valence electrons. The van der Waals surface area contributed by atoms with Crippen LogP contribution in [0.1, 0.15) is 25.3 Å². The van der Waals surface area contributed by atoms with Gasteiger partial charge >= 0.3 is 0 Å². The Labute approximate surface area is 180 Å². The largest absolute Gasteiger partial charge is 0.371 e. The maximum atomic E-state index is 13.4. The molecular formula is C25H24FN5. The van der Waals surface area contributed by atoms with Crippen LogP contribution < -0.4 is 4.90 Å². The minimum Gasteiger partial charge on any atom is -0.371 e. The van der Waals surface area contributed by atoms with Crippen molar-refractivity contribution in [3.05, 3.63) is 72.4 Å². The van der Waals surface area contributed by atoms with Crippen LogP contribution in [0.4, 0.5) is 10.1 Å². The van der Waals surface area contributed by atoms with E-state index in [-0.39, 0.29) is 5.82 Å². The van der Waals surface area contributed by atoms with Gasteiger partial charge in [0.05, 0.1) is 11.4 Å². The SMILES string of the molecule is CCCC1CN(c2ccc3c(c2)Cn2cc(-c4ccc(F)cc4)cc2-c2nncn2-3)C1. The van der Waals surface area contributed by atoms with Crippen LogP contribution in [0.15, 0.2) is 61.1 Å². The highest BCUT2D eigenvalue weighted by atomic mass is 19.1. The molecular weight excluding hydrogens is 389 g/mol. The minimum absolute atomic E-state index is 0.224. The Kier molecular flexibility index (Phi) is 4.19. The van der Waals surface area contributed by atoms with Crippen LogP contribution >= 0.6 is 0 Å². The van der Waals surface area contributed by atoms with Crippen LogP contribution in [0.3, 0.4) is 0 Å². The van der Waals surface area contributed by atoms with E-state index in [2.05, 4.69) is 61.6 Å². The van der Waals surface area contributed by atoms with Gasteiger partial charge in [-0.25, -0.2) is 4.39 Å². The van der Waals surface area contributed by atoms with Crippen molar-refractivity contribution < 1.29 is 4.39 Å². The van der Waals surface area contributed by atoms with Crippen LogP contribution in [0.2, 0.25) is 0 Å². The molecule has 6 rings (SSSR count). The Balaban J connectivity index is 1.39. The fourth-order valence-electron chi connectivity index (χ4n) is 4.90. The molecule has 1 saturated heterocycles. The van der Waals surface area contributed by atoms with E-state index in [0.29, 0.717) is 0 Å². The molecule has 2 aromatic carbocycles. The first kappa shape index (κ1) is 18.4. The number of halogens is 1. The molecule has 5 nitrogen and oxygen atoms in total. The van der Waals surface area contributed by atoms with Crippen molar-refractivity contribution in [1.82, 2.24) is 19.3 Å². The highest BCUT2D eigenvalue weighted by Crippen LogP contribution is 2.36. The Bertz CT molecular complexity index is 1250. The van der Waals surface area contributed by atoms with Crippen molar-refractivity contribution >= 4 is 5.69 Å². The normalized spacial score (nSPS) is 15.1. The molecule has 2 aliphatic rings. The standard InChI is InChI=1S/C25H24FN5/c1-2-3-17-12-29(13-17)22-8-9-23-20(10-22)15-30-14-19(18-4-6-21(26)7-5-18)11-24(30)25-28-27-16-31(23)25/h4-11,14,16-17H,2-3,12-13,15H2,1H3. The van der Waals surface area contributed by atoms with E-state index >= 15 is 0 Å². The first-order valence-electron chi connectivity index (χ1n) is 10.9. The van der Waals surface area contributed by atoms with Gasteiger partial charge in [-0.2, -0.15) is 0 Å². The van der Waals surface area contributed by atoms with Gasteiger partial charge in [0.1, 0.15) is 12.1 Å². The predicted octanol–water partition coefficient (Wildman–Crippen LogP) is 5.14. The van der Waals surface area contributed by atoms with Gasteiger partial charge in [0.15, 0.2) is 5.82 Å². The Morgan fingerprint density at radius 1 is 1.03 bits per heavy atom. The fourth-order valence-corrected chi connectivity index (χ4v) is 4.90. The Morgan fingerprint density at radius 3 is 2.68 bits per heavy atom. The summed E-state index contributed by atoms with van der Waals surface area (Å²) in [7, 11) is 0. The van der Waals surface area contributed by atoms with Gasteiger partial charge in [-0.1, -0.05) is 25.5 Å². The molecule has 4 heterocycles. The zero-order valence-electron chi connectivity index (χ0n) is 17.5. The third-order valence-corrected chi connectivity index (χ3v) is 6.53. The lowest BCUT2D eigenvalue weighted by Gasteiger charge is -2.41. The van der Waals surface area contributed by atoms with Gasteiger partial charge < -0.3 is 9.47 Å². The highest BCUT2D eigenvalue weighted by Gasteiger charge is 2.28. The average Bonchev–Trinajstić information content (AvgIpc) is 3.36. The topological polar surface area (TPSA) is 38.9 Å². The van der Waals surface area contributed by atoms with Crippen LogP contribution in [-0.2, 0) is 6.54 Å². The summed E-state index contributed by atoms with van der Waals surface area (Å²) in [6.07, 6.45) is 6.48. The number of nitrogens with zero attached hydrogens (tertiary/aromatic N) is 5. The second kappa shape index (κ2) is 7.08. The lowest BCUT2D eigenvalue weighted by molar-refractivity contribution is 0.380. The average molecular weight is 414 g/mol. The van der Waals surface area contributed by atoms with Gasteiger partial charge in [0, 0.05) is 37.1 Å². The smallest absolute Gasteiger partial charge is 0.185 e. The fraction of sp³-hybridized carbons (Fsp3) is 0.280. The molecule has 0 bridgehead atoms. The molecule has 31 heavy (non-hydrogen) atoms. The van der Waals surface area contributed by atoms with Crippen molar-refractivity contribution in [3.8, 4) is 28.3 Å². The highest BCUT2D eigenvalue weighted by molar-refractivity contribution is 5.72. The molecule has 6 heteroatoms. The summed E-state index contributed by atoms with van der Waals surface area (Å²) in [5.74, 6) is 1.42. The number of anilines is 1. The zero-order valence-corrected chi connectivity index (χ0v) is 17.5. The number of hydrogen-bond donors (Lipinski definition) is 0. The van der Waals surface area contributed by atoms with E-state index in [4.69, 9.17) is 0 Å². The molecule has 1 fully saturated rings. The van der Waals surface area contributed by atoms with E-state index in [1.54, 1.807) is 6.33 Å². The van der Waals surface area contributed by atoms with Crippen LogP contribution in [0, 0.1) is 11.7 Å². The summed E-state index contributed by atoms with van der Waals surface area (Å²) in [5, 5.41) is 8.61. The van der Waals surface area contributed by atoms with Crippen molar-refractivity contribution in [2.24, 2.45) is 5.92 Å². The number of benzene rings is 2. The van der Waals surface area contributed by atoms with Crippen molar-refractivity contribution in [2.75, 3.05) is 18.0 Å². The molecule has 0 spiro atoms. The zero-order chi connectivity index (χ0) is 20.9. The predicted molar refractivity (Wildman–Crippen MR) is 120 cm³/mol. The minimum atomic E-state index is -0.224. The molecule has 0 atom stereocenters. The molecule has 0 amide bonds. The summed E-state index contributed by atoms with van der Waals surface area (Å²) in [6, 6.07) is 15.5. The van der Waals surface area contributed by atoms with E-state index in [1.807, 2.05) is 12.1 Å². The molecule has 0 aliphatic carbocycles. The molecule has 0 saturated carbocycles.